The number of nitrogens with one attached hydrogen (secondary N) is 1. The van der Waals surface area contributed by atoms with E-state index in [1.54, 1.807) is 0 Å². The number of ether oxygens (including phenoxy) is 1. The summed E-state index contributed by atoms with van der Waals surface area (Å²) in [6, 6.07) is 6.23. The molecule has 1 N–H and O–H groups in total. The van der Waals surface area contributed by atoms with E-state index < -0.39 is 0 Å². The van der Waals surface area contributed by atoms with E-state index in [4.69, 9.17) is 4.74 Å². The Labute approximate surface area is 170 Å². The second-order valence-corrected chi connectivity index (χ2v) is 9.52. The maximum atomic E-state index is 12.8. The fourth-order valence-corrected chi connectivity index (χ4v) is 5.37. The maximum Gasteiger partial charge on any atom is 0.224 e. The Morgan fingerprint density at radius 1 is 1.14 bits per heavy atom. The summed E-state index contributed by atoms with van der Waals surface area (Å²) in [6.07, 6.45) is 8.48. The summed E-state index contributed by atoms with van der Waals surface area (Å²) in [4.78, 5) is 15.4. The van der Waals surface area contributed by atoms with Crippen molar-refractivity contribution < 1.29 is 9.53 Å². The van der Waals surface area contributed by atoms with Gasteiger partial charge in [-0.15, -0.1) is 0 Å². The zero-order valence-electron chi connectivity index (χ0n) is 17.6. The molecule has 1 saturated carbocycles. The normalized spacial score (nSPS) is 27.0. The minimum Gasteiger partial charge on any atom is -0.491 e. The van der Waals surface area contributed by atoms with Gasteiger partial charge in [-0.05, 0) is 73.6 Å². The first-order valence-electron chi connectivity index (χ1n) is 11.4. The van der Waals surface area contributed by atoms with Gasteiger partial charge in [-0.2, -0.15) is 0 Å². The molecule has 0 radical (unpaired) electrons. The molecule has 1 aromatic carbocycles. The van der Waals surface area contributed by atoms with Crippen LogP contribution in [-0.4, -0.2) is 37.0 Å². The molecule has 1 saturated heterocycles. The molecule has 28 heavy (non-hydrogen) atoms. The number of amides is 1. The average Bonchev–Trinajstić information content (AvgIpc) is 3.17. The van der Waals surface area contributed by atoms with Crippen molar-refractivity contribution in [1.29, 1.82) is 0 Å². The number of carbonyl (C=O) groups excluding carboxylic acids is 1. The molecule has 2 heterocycles. The molecule has 1 amide bonds. The van der Waals surface area contributed by atoms with Crippen LogP contribution in [-0.2, 0) is 4.79 Å². The van der Waals surface area contributed by atoms with Crippen LogP contribution in [0, 0.1) is 17.8 Å². The highest BCUT2D eigenvalue weighted by atomic mass is 16.5. The van der Waals surface area contributed by atoms with Crippen LogP contribution in [0.3, 0.4) is 0 Å². The van der Waals surface area contributed by atoms with Crippen LogP contribution in [0.25, 0.3) is 0 Å². The van der Waals surface area contributed by atoms with Gasteiger partial charge in [0, 0.05) is 19.5 Å². The quantitative estimate of drug-likeness (QED) is 0.793. The third-order valence-corrected chi connectivity index (χ3v) is 7.10. The lowest BCUT2D eigenvalue weighted by Gasteiger charge is -2.40. The molecule has 2 atom stereocenters. The Bertz CT molecular complexity index is 681. The third kappa shape index (κ3) is 4.71. The number of carbonyl (C=O) groups is 1. The Kier molecular flexibility index (Phi) is 6.25. The van der Waals surface area contributed by atoms with E-state index in [-0.39, 0.29) is 5.91 Å². The van der Waals surface area contributed by atoms with Crippen molar-refractivity contribution in [3.63, 3.8) is 0 Å². The molecule has 0 bridgehead atoms. The van der Waals surface area contributed by atoms with Gasteiger partial charge < -0.3 is 15.0 Å². The molecule has 1 aromatic rings. The van der Waals surface area contributed by atoms with Gasteiger partial charge in [0.25, 0.3) is 0 Å². The van der Waals surface area contributed by atoms with E-state index in [1.807, 2.05) is 6.07 Å². The molecule has 154 valence electrons. The van der Waals surface area contributed by atoms with E-state index in [9.17, 15) is 4.79 Å². The maximum absolute atomic E-state index is 12.8. The lowest BCUT2D eigenvalue weighted by atomic mass is 9.80. The second-order valence-electron chi connectivity index (χ2n) is 9.52. The molecule has 1 aliphatic carbocycles. The molecular formula is C24H36N2O2. The van der Waals surface area contributed by atoms with Crippen LogP contribution in [0.5, 0.6) is 5.75 Å². The van der Waals surface area contributed by atoms with Gasteiger partial charge in [0.2, 0.25) is 5.91 Å². The molecule has 2 fully saturated rings. The van der Waals surface area contributed by atoms with Crippen molar-refractivity contribution in [2.45, 2.75) is 64.7 Å². The zero-order chi connectivity index (χ0) is 19.5. The van der Waals surface area contributed by atoms with Gasteiger partial charge in [0.15, 0.2) is 0 Å². The SMILES string of the molecule is CC(C)c1ccc2c(c1)NC(=O)C[C@@H]1CCN(CC3CCCC3)C[C@@H]1CCO2. The summed E-state index contributed by atoms with van der Waals surface area (Å²) < 4.78 is 6.13. The third-order valence-electron chi connectivity index (χ3n) is 7.10. The summed E-state index contributed by atoms with van der Waals surface area (Å²) >= 11 is 0. The molecule has 4 heteroatoms. The van der Waals surface area contributed by atoms with Crippen LogP contribution in [0.1, 0.15) is 70.3 Å². The molecule has 0 unspecified atom stereocenters. The van der Waals surface area contributed by atoms with Gasteiger partial charge in [0.05, 0.1) is 12.3 Å². The highest BCUT2D eigenvalue weighted by molar-refractivity contribution is 5.92. The van der Waals surface area contributed by atoms with E-state index in [1.165, 1.54) is 37.8 Å². The predicted octanol–water partition coefficient (Wildman–Crippen LogP) is 5.05. The Morgan fingerprint density at radius 2 is 1.96 bits per heavy atom. The first-order chi connectivity index (χ1) is 13.6. The first-order valence-corrected chi connectivity index (χ1v) is 11.4. The topological polar surface area (TPSA) is 41.6 Å². The number of fused-ring (bicyclic) bond motifs is 2. The molecule has 2 aliphatic heterocycles. The number of rotatable bonds is 3. The van der Waals surface area contributed by atoms with Crippen molar-refractivity contribution >= 4 is 11.6 Å². The lowest BCUT2D eigenvalue weighted by Crippen LogP contribution is -2.44. The Morgan fingerprint density at radius 3 is 2.75 bits per heavy atom. The number of likely N-dealkylation sites (tertiary alicyclic amines) is 1. The molecular weight excluding hydrogens is 348 g/mol. The monoisotopic (exact) mass is 384 g/mol. The van der Waals surface area contributed by atoms with Gasteiger partial charge in [-0.3, -0.25) is 4.79 Å². The highest BCUT2D eigenvalue weighted by Crippen LogP contribution is 2.35. The van der Waals surface area contributed by atoms with Crippen molar-refractivity contribution in [3.05, 3.63) is 23.8 Å². The van der Waals surface area contributed by atoms with Gasteiger partial charge >= 0.3 is 0 Å². The van der Waals surface area contributed by atoms with E-state index in [0.717, 1.165) is 49.9 Å². The lowest BCUT2D eigenvalue weighted by molar-refractivity contribution is -0.118. The van der Waals surface area contributed by atoms with Crippen molar-refractivity contribution in [3.8, 4) is 5.75 Å². The minimum atomic E-state index is 0.145. The van der Waals surface area contributed by atoms with Crippen molar-refractivity contribution in [1.82, 2.24) is 4.90 Å². The van der Waals surface area contributed by atoms with Crippen molar-refractivity contribution in [2.75, 3.05) is 31.6 Å². The number of nitrogens with zero attached hydrogens (tertiary/aromatic N) is 1. The number of hydrogen-bond acceptors (Lipinski definition) is 3. The minimum absolute atomic E-state index is 0.145. The van der Waals surface area contributed by atoms with Gasteiger partial charge in [0.1, 0.15) is 5.75 Å². The molecule has 3 aliphatic rings. The van der Waals surface area contributed by atoms with Crippen LogP contribution >= 0.6 is 0 Å². The summed E-state index contributed by atoms with van der Waals surface area (Å²) in [5.41, 5.74) is 2.08. The number of hydrogen-bond donors (Lipinski definition) is 1. The number of piperidine rings is 1. The summed E-state index contributed by atoms with van der Waals surface area (Å²) in [5.74, 6) is 3.35. The fraction of sp³-hybridized carbons (Fsp3) is 0.708. The van der Waals surface area contributed by atoms with E-state index in [2.05, 4.69) is 36.2 Å². The fourth-order valence-electron chi connectivity index (χ4n) is 5.37. The van der Waals surface area contributed by atoms with Gasteiger partial charge in [-0.1, -0.05) is 32.8 Å². The van der Waals surface area contributed by atoms with Crippen LogP contribution in [0.4, 0.5) is 5.69 Å². The zero-order valence-corrected chi connectivity index (χ0v) is 17.6. The number of anilines is 1. The van der Waals surface area contributed by atoms with Crippen LogP contribution in [0.15, 0.2) is 18.2 Å². The summed E-state index contributed by atoms with van der Waals surface area (Å²) in [6.45, 7) is 8.64. The molecule has 4 nitrogen and oxygen atoms in total. The predicted molar refractivity (Wildman–Crippen MR) is 114 cm³/mol. The Hall–Kier alpha value is -1.55. The molecule has 4 rings (SSSR count). The van der Waals surface area contributed by atoms with Crippen LogP contribution < -0.4 is 10.1 Å². The first kappa shape index (κ1) is 19.8. The summed E-state index contributed by atoms with van der Waals surface area (Å²) in [5, 5.41) is 3.15. The molecule has 0 aromatic heterocycles. The number of benzene rings is 1. The second kappa shape index (κ2) is 8.86. The van der Waals surface area contributed by atoms with Gasteiger partial charge in [-0.25, -0.2) is 0 Å². The van der Waals surface area contributed by atoms with Crippen LogP contribution in [0.2, 0.25) is 0 Å². The average molecular weight is 385 g/mol. The van der Waals surface area contributed by atoms with E-state index >= 15 is 0 Å². The van der Waals surface area contributed by atoms with E-state index in [0.29, 0.717) is 24.2 Å². The summed E-state index contributed by atoms with van der Waals surface area (Å²) in [7, 11) is 0. The smallest absolute Gasteiger partial charge is 0.224 e. The highest BCUT2D eigenvalue weighted by Gasteiger charge is 2.32. The van der Waals surface area contributed by atoms with Crippen molar-refractivity contribution in [2.24, 2.45) is 17.8 Å². The standard InChI is InChI=1S/C24H36N2O2/c1-17(2)19-7-8-23-22(13-19)25-24(27)14-20-9-11-26(15-18-5-3-4-6-18)16-21(20)10-12-28-23/h7-8,13,17-18,20-21H,3-6,9-12,14-16H2,1-2H3,(H,25,27)/t20-,21-/m0/s1. The molecule has 0 spiro atoms. The Balaban J connectivity index is 1.43. The largest absolute Gasteiger partial charge is 0.491 e.